The zero-order valence-corrected chi connectivity index (χ0v) is 13.2. The molecule has 0 bridgehead atoms. The van der Waals surface area contributed by atoms with Crippen molar-refractivity contribution in [1.82, 2.24) is 0 Å². The van der Waals surface area contributed by atoms with Crippen LogP contribution in [0.3, 0.4) is 0 Å². The molecule has 0 radical (unpaired) electrons. The SMILES string of the molecule is CCOc1ccccc1NCCOc1ccc(Cl)cc1Cl. The minimum absolute atomic E-state index is 0.488. The van der Waals surface area contributed by atoms with Gasteiger partial charge in [0.2, 0.25) is 0 Å². The van der Waals surface area contributed by atoms with E-state index in [0.717, 1.165) is 11.4 Å². The Balaban J connectivity index is 1.84. The van der Waals surface area contributed by atoms with Gasteiger partial charge in [0.1, 0.15) is 18.1 Å². The molecule has 0 aliphatic rings. The average molecular weight is 326 g/mol. The van der Waals surface area contributed by atoms with Crippen molar-refractivity contribution < 1.29 is 9.47 Å². The fraction of sp³-hybridized carbons (Fsp3) is 0.250. The summed E-state index contributed by atoms with van der Waals surface area (Å²) in [6.45, 7) is 3.73. The third-order valence-corrected chi connectivity index (χ3v) is 3.29. The first-order chi connectivity index (χ1) is 10.2. The highest BCUT2D eigenvalue weighted by atomic mass is 35.5. The van der Waals surface area contributed by atoms with E-state index in [0.29, 0.717) is 35.6 Å². The van der Waals surface area contributed by atoms with E-state index in [1.807, 2.05) is 31.2 Å². The number of hydrogen-bond acceptors (Lipinski definition) is 3. The Kier molecular flexibility index (Phi) is 6.03. The van der Waals surface area contributed by atoms with Gasteiger partial charge >= 0.3 is 0 Å². The van der Waals surface area contributed by atoms with E-state index in [1.54, 1.807) is 18.2 Å². The number of benzene rings is 2. The summed E-state index contributed by atoms with van der Waals surface area (Å²) in [6, 6.07) is 13.0. The topological polar surface area (TPSA) is 30.5 Å². The standard InChI is InChI=1S/C16H17Cl2NO2/c1-2-20-16-6-4-3-5-14(16)19-9-10-21-15-8-7-12(17)11-13(15)18/h3-8,11,19H,2,9-10H2,1H3. The molecule has 21 heavy (non-hydrogen) atoms. The molecule has 0 spiro atoms. The van der Waals surface area contributed by atoms with Gasteiger partial charge in [-0.1, -0.05) is 35.3 Å². The van der Waals surface area contributed by atoms with E-state index in [9.17, 15) is 0 Å². The Morgan fingerprint density at radius 1 is 1.00 bits per heavy atom. The van der Waals surface area contributed by atoms with Crippen molar-refractivity contribution in [3.8, 4) is 11.5 Å². The van der Waals surface area contributed by atoms with Crippen molar-refractivity contribution in [3.05, 3.63) is 52.5 Å². The Morgan fingerprint density at radius 3 is 2.57 bits per heavy atom. The smallest absolute Gasteiger partial charge is 0.142 e. The first-order valence-electron chi connectivity index (χ1n) is 6.74. The number of anilines is 1. The van der Waals surface area contributed by atoms with Crippen LogP contribution in [0.15, 0.2) is 42.5 Å². The molecule has 3 nitrogen and oxygen atoms in total. The highest BCUT2D eigenvalue weighted by molar-refractivity contribution is 6.35. The molecule has 0 saturated carbocycles. The summed E-state index contributed by atoms with van der Waals surface area (Å²) in [5.74, 6) is 1.46. The van der Waals surface area contributed by atoms with Crippen molar-refractivity contribution in [3.63, 3.8) is 0 Å². The zero-order chi connectivity index (χ0) is 15.1. The van der Waals surface area contributed by atoms with Crippen LogP contribution in [-0.4, -0.2) is 19.8 Å². The van der Waals surface area contributed by atoms with Crippen molar-refractivity contribution in [1.29, 1.82) is 0 Å². The maximum absolute atomic E-state index is 6.04. The Morgan fingerprint density at radius 2 is 1.81 bits per heavy atom. The van der Waals surface area contributed by atoms with Crippen LogP contribution in [0.1, 0.15) is 6.92 Å². The Hall–Kier alpha value is -1.58. The molecule has 2 aromatic rings. The minimum atomic E-state index is 0.488. The number of ether oxygens (including phenoxy) is 2. The molecule has 112 valence electrons. The van der Waals surface area contributed by atoms with Crippen LogP contribution in [0.5, 0.6) is 11.5 Å². The molecular formula is C16H17Cl2NO2. The van der Waals surface area contributed by atoms with Crippen molar-refractivity contribution in [2.24, 2.45) is 0 Å². The van der Waals surface area contributed by atoms with E-state index in [1.165, 1.54) is 0 Å². The maximum Gasteiger partial charge on any atom is 0.142 e. The lowest BCUT2D eigenvalue weighted by atomic mass is 10.3. The summed E-state index contributed by atoms with van der Waals surface area (Å²) in [4.78, 5) is 0. The van der Waals surface area contributed by atoms with Gasteiger partial charge in [0.25, 0.3) is 0 Å². The maximum atomic E-state index is 6.04. The second-order valence-electron chi connectivity index (χ2n) is 4.28. The molecule has 2 aromatic carbocycles. The van der Waals surface area contributed by atoms with Gasteiger partial charge in [-0.25, -0.2) is 0 Å². The zero-order valence-electron chi connectivity index (χ0n) is 11.7. The molecule has 0 aliphatic heterocycles. The molecule has 0 unspecified atom stereocenters. The predicted molar refractivity (Wildman–Crippen MR) is 88.1 cm³/mol. The molecule has 0 atom stereocenters. The van der Waals surface area contributed by atoms with E-state index >= 15 is 0 Å². The van der Waals surface area contributed by atoms with Gasteiger partial charge in [0.05, 0.1) is 17.3 Å². The van der Waals surface area contributed by atoms with Crippen LogP contribution >= 0.6 is 23.2 Å². The van der Waals surface area contributed by atoms with E-state index < -0.39 is 0 Å². The monoisotopic (exact) mass is 325 g/mol. The van der Waals surface area contributed by atoms with Crippen molar-refractivity contribution in [2.75, 3.05) is 25.1 Å². The van der Waals surface area contributed by atoms with Gasteiger partial charge < -0.3 is 14.8 Å². The number of nitrogens with one attached hydrogen (secondary N) is 1. The van der Waals surface area contributed by atoms with E-state index in [2.05, 4.69) is 5.32 Å². The van der Waals surface area contributed by atoms with Crippen LogP contribution in [0.4, 0.5) is 5.69 Å². The van der Waals surface area contributed by atoms with Crippen molar-refractivity contribution >= 4 is 28.9 Å². The molecule has 2 rings (SSSR count). The lowest BCUT2D eigenvalue weighted by molar-refractivity contribution is 0.330. The Bertz CT molecular complexity index is 590. The summed E-state index contributed by atoms with van der Waals surface area (Å²) in [5.41, 5.74) is 0.949. The van der Waals surface area contributed by atoms with Gasteiger partial charge in [0, 0.05) is 11.6 Å². The summed E-state index contributed by atoms with van der Waals surface area (Å²) in [6.07, 6.45) is 0. The first-order valence-corrected chi connectivity index (χ1v) is 7.50. The summed E-state index contributed by atoms with van der Waals surface area (Å²) < 4.78 is 11.2. The quantitative estimate of drug-likeness (QED) is 0.735. The molecule has 0 amide bonds. The van der Waals surface area contributed by atoms with Gasteiger partial charge in [-0.3, -0.25) is 0 Å². The first kappa shape index (κ1) is 15.8. The molecular weight excluding hydrogens is 309 g/mol. The lowest BCUT2D eigenvalue weighted by Gasteiger charge is -2.13. The fourth-order valence-electron chi connectivity index (χ4n) is 1.83. The lowest BCUT2D eigenvalue weighted by Crippen LogP contribution is -2.12. The third-order valence-electron chi connectivity index (χ3n) is 2.76. The number of rotatable bonds is 7. The fourth-order valence-corrected chi connectivity index (χ4v) is 2.30. The third kappa shape index (κ3) is 4.73. The number of para-hydroxylation sites is 2. The van der Waals surface area contributed by atoms with Crippen LogP contribution in [0, 0.1) is 0 Å². The van der Waals surface area contributed by atoms with Crippen LogP contribution in [0.2, 0.25) is 10.0 Å². The minimum Gasteiger partial charge on any atom is -0.492 e. The second kappa shape index (κ2) is 8.01. The van der Waals surface area contributed by atoms with Gasteiger partial charge in [-0.15, -0.1) is 0 Å². The molecule has 0 aliphatic carbocycles. The van der Waals surface area contributed by atoms with E-state index in [-0.39, 0.29) is 0 Å². The van der Waals surface area contributed by atoms with Gasteiger partial charge in [-0.05, 0) is 37.3 Å². The molecule has 0 aromatic heterocycles. The number of halogens is 2. The predicted octanol–water partition coefficient (Wildman–Crippen LogP) is 4.88. The second-order valence-corrected chi connectivity index (χ2v) is 5.12. The van der Waals surface area contributed by atoms with E-state index in [4.69, 9.17) is 32.7 Å². The number of hydrogen-bond donors (Lipinski definition) is 1. The molecule has 0 heterocycles. The van der Waals surface area contributed by atoms with Gasteiger partial charge in [0.15, 0.2) is 0 Å². The van der Waals surface area contributed by atoms with Crippen LogP contribution in [0.25, 0.3) is 0 Å². The summed E-state index contributed by atoms with van der Waals surface area (Å²) in [7, 11) is 0. The summed E-state index contributed by atoms with van der Waals surface area (Å²) in [5, 5.41) is 4.38. The van der Waals surface area contributed by atoms with Crippen LogP contribution in [-0.2, 0) is 0 Å². The molecule has 0 saturated heterocycles. The largest absolute Gasteiger partial charge is 0.492 e. The molecule has 0 fully saturated rings. The highest BCUT2D eigenvalue weighted by Crippen LogP contribution is 2.27. The Labute approximate surface area is 134 Å². The molecule has 5 heteroatoms. The summed E-state index contributed by atoms with van der Waals surface area (Å²) >= 11 is 11.9. The molecule has 1 N–H and O–H groups in total. The van der Waals surface area contributed by atoms with Gasteiger partial charge in [-0.2, -0.15) is 0 Å². The highest BCUT2D eigenvalue weighted by Gasteiger charge is 2.03. The van der Waals surface area contributed by atoms with Crippen molar-refractivity contribution in [2.45, 2.75) is 6.92 Å². The normalized spacial score (nSPS) is 10.2. The van der Waals surface area contributed by atoms with Crippen LogP contribution < -0.4 is 14.8 Å². The average Bonchev–Trinajstić information content (AvgIpc) is 2.47.